The Morgan fingerprint density at radius 2 is 1.00 bits per heavy atom. The van der Waals surface area contributed by atoms with E-state index in [0.29, 0.717) is 0 Å². The first kappa shape index (κ1) is 26.4. The molecule has 0 aliphatic rings. The smallest absolute Gasteiger partial charge is 0 e. The van der Waals surface area contributed by atoms with Gasteiger partial charge in [-0.15, -0.1) is 0 Å². The van der Waals surface area contributed by atoms with Gasteiger partial charge in [-0.1, -0.05) is 0 Å². The van der Waals surface area contributed by atoms with Crippen LogP contribution < -0.4 is 0 Å². The van der Waals surface area contributed by atoms with Crippen molar-refractivity contribution in [2.45, 2.75) is 0 Å². The van der Waals surface area contributed by atoms with Crippen molar-refractivity contribution in [2.75, 3.05) is 0 Å². The Morgan fingerprint density at radius 1 is 1.00 bits per heavy atom. The van der Waals surface area contributed by atoms with Crippen LogP contribution in [-0.4, -0.2) is 66.3 Å². The van der Waals surface area contributed by atoms with Gasteiger partial charge in [0.15, 0.2) is 0 Å². The van der Waals surface area contributed by atoms with Crippen molar-refractivity contribution in [1.29, 1.82) is 0 Å². The van der Waals surface area contributed by atoms with Gasteiger partial charge in [-0.05, 0) is 0 Å². The van der Waals surface area contributed by atoms with Crippen molar-refractivity contribution in [2.24, 2.45) is 0 Å². The molecule has 1 N–H and O–H groups in total. The fourth-order valence-electron chi connectivity index (χ4n) is 0. The van der Waals surface area contributed by atoms with E-state index in [1.54, 1.807) is 0 Å². The minimum atomic E-state index is 0. The van der Waals surface area contributed by atoms with E-state index in [1.807, 2.05) is 0 Å². The summed E-state index contributed by atoms with van der Waals surface area (Å²) < 4.78 is 0. The molecule has 0 rings (SSSR count). The molecule has 0 aromatic rings. The molecule has 0 heterocycles. The van der Waals surface area contributed by atoms with Gasteiger partial charge >= 0.3 is 60.8 Å². The molecule has 0 aliphatic carbocycles. The molecule has 17 valence electrons. The zero-order valence-electron chi connectivity index (χ0n) is 2.02. The summed E-state index contributed by atoms with van der Waals surface area (Å²) in [5.41, 5.74) is 0. The van der Waals surface area contributed by atoms with Gasteiger partial charge in [0, 0.05) is 41.3 Å². The van der Waals surface area contributed by atoms with E-state index >= 15 is 0 Å². The SMILES string of the molecule is [CaH2].[MgH+].[OH-].[Pr]. The van der Waals surface area contributed by atoms with E-state index in [0.717, 1.165) is 0 Å². The summed E-state index contributed by atoms with van der Waals surface area (Å²) in [6.45, 7) is 0. The number of hydrogen-bond acceptors (Lipinski definition) is 1. The molecule has 0 aromatic heterocycles. The fraction of sp³-hybridized carbons (Fsp3) is 0. The van der Waals surface area contributed by atoms with Crippen molar-refractivity contribution in [1.82, 2.24) is 0 Å². The second-order valence-corrected chi connectivity index (χ2v) is 0. The predicted octanol–water partition coefficient (Wildman–Crippen LogP) is -1.74. The molecule has 4 heavy (non-hydrogen) atoms. The maximum absolute atomic E-state index is 0. The van der Waals surface area contributed by atoms with E-state index in [2.05, 4.69) is 0 Å². The zero-order chi connectivity index (χ0) is 0. The van der Waals surface area contributed by atoms with Gasteiger partial charge in [0.05, 0.1) is 0 Å². The van der Waals surface area contributed by atoms with Crippen molar-refractivity contribution >= 4 is 60.8 Å². The summed E-state index contributed by atoms with van der Waals surface area (Å²) in [5, 5.41) is 0. The number of hydrogen-bond donors (Lipinski definition) is 0. The molecule has 1 radical (unpaired) electrons. The molecular weight excluding hydrogens is 221 g/mol. The van der Waals surface area contributed by atoms with Gasteiger partial charge in [0.25, 0.3) is 0 Å². The zero-order valence-corrected chi connectivity index (χ0v) is 7.73. The first-order valence-electron chi connectivity index (χ1n) is 0. The summed E-state index contributed by atoms with van der Waals surface area (Å²) in [6, 6.07) is 0. The Bertz CT molecular complexity index is 8.00. The molecule has 0 bridgehead atoms. The van der Waals surface area contributed by atoms with Crippen LogP contribution in [0.3, 0.4) is 0 Å². The van der Waals surface area contributed by atoms with Gasteiger partial charge in [-0.25, -0.2) is 0 Å². The van der Waals surface area contributed by atoms with Crippen LogP contribution in [0.2, 0.25) is 0 Å². The average molecular weight is 225 g/mol. The van der Waals surface area contributed by atoms with Crippen LogP contribution in [0.25, 0.3) is 0 Å². The van der Waals surface area contributed by atoms with Gasteiger partial charge in [-0.2, -0.15) is 0 Å². The van der Waals surface area contributed by atoms with E-state index in [9.17, 15) is 0 Å². The Morgan fingerprint density at radius 3 is 1.00 bits per heavy atom. The van der Waals surface area contributed by atoms with Crippen LogP contribution in [0, 0.1) is 41.3 Å². The van der Waals surface area contributed by atoms with Crippen LogP contribution in [-0.2, 0) is 0 Å². The average Bonchev–Trinajstić information content (AvgIpc) is 0. The molecule has 0 spiro atoms. The quantitative estimate of drug-likeness (QED) is 0.450. The Kier molecular flexibility index (Phi) is 107. The standard InChI is InChI=1S/Ca.Mg.H2O.Pr.3H/h;;1H2;;;;/q;+1;;;;;/p-1. The Balaban J connectivity index is 0. The van der Waals surface area contributed by atoms with E-state index in [-0.39, 0.29) is 108 Å². The summed E-state index contributed by atoms with van der Waals surface area (Å²) >= 11 is 0. The molecular formula is H4CaMgOPr. The largest absolute Gasteiger partial charge is 0.870 e. The maximum atomic E-state index is 0. The summed E-state index contributed by atoms with van der Waals surface area (Å²) in [6.07, 6.45) is 0. The van der Waals surface area contributed by atoms with Crippen LogP contribution in [0.1, 0.15) is 0 Å². The third kappa shape index (κ3) is 9.02. The van der Waals surface area contributed by atoms with Crippen LogP contribution in [0.15, 0.2) is 0 Å². The third-order valence-electron chi connectivity index (χ3n) is 0. The second kappa shape index (κ2) is 16.2. The molecule has 0 aromatic carbocycles. The molecule has 0 aliphatic heterocycles. The molecule has 0 saturated carbocycles. The molecule has 4 heteroatoms. The van der Waals surface area contributed by atoms with Gasteiger partial charge in [0.2, 0.25) is 0 Å². The van der Waals surface area contributed by atoms with Crippen LogP contribution in [0.5, 0.6) is 0 Å². The molecule has 0 saturated heterocycles. The first-order valence-corrected chi connectivity index (χ1v) is 0. The van der Waals surface area contributed by atoms with Gasteiger partial charge in [0.1, 0.15) is 0 Å². The monoisotopic (exact) mass is 225 g/mol. The Hall–Kier alpha value is 3.35. The molecule has 1 nitrogen and oxygen atoms in total. The summed E-state index contributed by atoms with van der Waals surface area (Å²) in [5.74, 6) is 0. The molecule has 0 unspecified atom stereocenters. The van der Waals surface area contributed by atoms with Crippen LogP contribution in [0.4, 0.5) is 0 Å². The molecule has 0 fully saturated rings. The summed E-state index contributed by atoms with van der Waals surface area (Å²) in [7, 11) is 0. The van der Waals surface area contributed by atoms with Crippen molar-refractivity contribution in [3.05, 3.63) is 0 Å². The second-order valence-electron chi connectivity index (χ2n) is 0. The fourth-order valence-corrected chi connectivity index (χ4v) is 0. The summed E-state index contributed by atoms with van der Waals surface area (Å²) in [4.78, 5) is 0. The predicted molar refractivity (Wildman–Crippen MR) is 17.6 cm³/mol. The number of rotatable bonds is 0. The Labute approximate surface area is 105 Å². The minimum Gasteiger partial charge on any atom is -0.870 e. The van der Waals surface area contributed by atoms with E-state index in [1.165, 1.54) is 0 Å². The third-order valence-corrected chi connectivity index (χ3v) is 0. The topological polar surface area (TPSA) is 30.0 Å². The minimum absolute atomic E-state index is 0. The van der Waals surface area contributed by atoms with E-state index in [4.69, 9.17) is 0 Å². The van der Waals surface area contributed by atoms with Crippen molar-refractivity contribution in [3.63, 3.8) is 0 Å². The normalized spacial score (nSPS) is 0. The molecule has 0 amide bonds. The van der Waals surface area contributed by atoms with Crippen LogP contribution >= 0.6 is 0 Å². The maximum Gasteiger partial charge on any atom is 0 e. The van der Waals surface area contributed by atoms with Crippen molar-refractivity contribution < 1.29 is 46.8 Å². The van der Waals surface area contributed by atoms with Gasteiger partial charge in [-0.3, -0.25) is 0 Å². The van der Waals surface area contributed by atoms with Crippen molar-refractivity contribution in [3.8, 4) is 0 Å². The molecule has 0 atom stereocenters. The van der Waals surface area contributed by atoms with E-state index < -0.39 is 0 Å². The first-order chi connectivity index (χ1) is 0. The van der Waals surface area contributed by atoms with Gasteiger partial charge < -0.3 is 5.48 Å².